The zero-order valence-corrected chi connectivity index (χ0v) is 13.5. The first kappa shape index (κ1) is 26.9. The van der Waals surface area contributed by atoms with Crippen LogP contribution >= 0.6 is 0 Å². The summed E-state index contributed by atoms with van der Waals surface area (Å²) >= 11 is 0. The number of alkyl halides is 14. The molecule has 0 saturated carbocycles. The predicted molar refractivity (Wildman–Crippen MR) is 61.1 cm³/mol. The van der Waals surface area contributed by atoms with Gasteiger partial charge in [-0.15, -0.1) is 0 Å². The van der Waals surface area contributed by atoms with Crippen molar-refractivity contribution in [2.24, 2.45) is 0 Å². The second kappa shape index (κ2) is 7.32. The lowest BCUT2D eigenvalue weighted by atomic mass is 9.93. The minimum Gasteiger partial charge on any atom is -0.281 e. The molecule has 18 heteroatoms. The average Bonchev–Trinajstić information content (AvgIpc) is 2.43. The predicted octanol–water partition coefficient (Wildman–Crippen LogP) is 5.08. The molecule has 0 spiro atoms. The molecule has 0 saturated heterocycles. The molecule has 0 aromatic heterocycles. The first-order valence-electron chi connectivity index (χ1n) is 6.45. The molecule has 3 nitrogen and oxygen atoms in total. The van der Waals surface area contributed by atoms with Crippen LogP contribution in [0.1, 0.15) is 19.3 Å². The smallest absolute Gasteiger partial charge is 0.281 e. The molecule has 0 amide bonds. The third kappa shape index (κ3) is 4.40. The van der Waals surface area contributed by atoms with Gasteiger partial charge in [0.15, 0.2) is 6.17 Å². The maximum absolute atomic E-state index is 13.3. The van der Waals surface area contributed by atoms with E-state index in [0.29, 0.717) is 0 Å². The van der Waals surface area contributed by atoms with Crippen molar-refractivity contribution in [2.75, 3.05) is 0 Å². The van der Waals surface area contributed by atoms with Crippen LogP contribution < -0.4 is 0 Å². The van der Waals surface area contributed by atoms with Crippen molar-refractivity contribution >= 4 is 10.1 Å². The van der Waals surface area contributed by atoms with Crippen LogP contribution in [0.4, 0.5) is 61.5 Å². The standard InChI is InChI=1S/C10H8F14O3S/c11-4(2-1-3-5(12,13)14)6(15,16)7(17,18)8(19,20)9(21,22)10(23,24)28(25,26)27/h4H,1-3H2,(H,25,26,27). The summed E-state index contributed by atoms with van der Waals surface area (Å²) in [5.74, 6) is -30.6. The molecule has 1 N–H and O–H groups in total. The summed E-state index contributed by atoms with van der Waals surface area (Å²) in [5.41, 5.74) is 0. The number of hydrogen-bond acceptors (Lipinski definition) is 2. The van der Waals surface area contributed by atoms with E-state index in [0.717, 1.165) is 0 Å². The Morgan fingerprint density at radius 1 is 0.714 bits per heavy atom. The summed E-state index contributed by atoms with van der Waals surface area (Å²) in [6.45, 7) is 0. The van der Waals surface area contributed by atoms with Crippen LogP contribution in [0.5, 0.6) is 0 Å². The van der Waals surface area contributed by atoms with Crippen molar-refractivity contribution in [1.82, 2.24) is 0 Å². The average molecular weight is 474 g/mol. The van der Waals surface area contributed by atoms with E-state index in [1.54, 1.807) is 0 Å². The van der Waals surface area contributed by atoms with Gasteiger partial charge >= 0.3 is 45.2 Å². The van der Waals surface area contributed by atoms with Crippen molar-refractivity contribution in [3.63, 3.8) is 0 Å². The molecule has 0 aromatic carbocycles. The minimum atomic E-state index is -7.99. The molecular weight excluding hydrogens is 466 g/mol. The van der Waals surface area contributed by atoms with Gasteiger partial charge in [0.2, 0.25) is 0 Å². The van der Waals surface area contributed by atoms with Crippen molar-refractivity contribution in [3.8, 4) is 0 Å². The number of hydrogen-bond donors (Lipinski definition) is 1. The van der Waals surface area contributed by atoms with Gasteiger partial charge in [-0.05, 0) is 12.8 Å². The second-order valence-corrected chi connectivity index (χ2v) is 6.78. The van der Waals surface area contributed by atoms with Crippen LogP contribution in [0, 0.1) is 0 Å². The molecule has 28 heavy (non-hydrogen) atoms. The third-order valence-electron chi connectivity index (χ3n) is 3.21. The van der Waals surface area contributed by atoms with Gasteiger partial charge in [-0.2, -0.15) is 65.5 Å². The highest BCUT2D eigenvalue weighted by molar-refractivity contribution is 7.87. The second-order valence-electron chi connectivity index (χ2n) is 5.31. The van der Waals surface area contributed by atoms with E-state index in [2.05, 4.69) is 0 Å². The monoisotopic (exact) mass is 474 g/mol. The maximum atomic E-state index is 13.3. The fraction of sp³-hybridized carbons (Fsp3) is 1.00. The van der Waals surface area contributed by atoms with Gasteiger partial charge in [-0.25, -0.2) is 4.39 Å². The Kier molecular flexibility index (Phi) is 7.04. The molecule has 0 radical (unpaired) electrons. The topological polar surface area (TPSA) is 54.4 Å². The van der Waals surface area contributed by atoms with Gasteiger partial charge in [0, 0.05) is 6.42 Å². The normalized spacial score (nSPS) is 17.0. The molecule has 0 fully saturated rings. The van der Waals surface area contributed by atoms with E-state index in [1.807, 2.05) is 0 Å². The molecule has 0 bridgehead atoms. The molecule has 0 aliphatic rings. The molecular formula is C10H8F14O3S. The minimum absolute atomic E-state index is 1.69. The lowest BCUT2D eigenvalue weighted by Crippen LogP contribution is -2.70. The first-order chi connectivity index (χ1) is 11.9. The Morgan fingerprint density at radius 2 is 1.11 bits per heavy atom. The molecule has 170 valence electrons. The first-order valence-corrected chi connectivity index (χ1v) is 7.89. The Hall–Kier alpha value is -1.07. The third-order valence-corrected chi connectivity index (χ3v) is 4.11. The highest BCUT2D eigenvalue weighted by atomic mass is 32.2. The highest BCUT2D eigenvalue weighted by Crippen LogP contribution is 2.59. The van der Waals surface area contributed by atoms with Gasteiger partial charge < -0.3 is 0 Å². The Balaban J connectivity index is 5.98. The van der Waals surface area contributed by atoms with Crippen LogP contribution in [-0.4, -0.2) is 54.3 Å². The summed E-state index contributed by atoms with van der Waals surface area (Å²) in [4.78, 5) is 0. The van der Waals surface area contributed by atoms with Crippen molar-refractivity contribution < 1.29 is 74.4 Å². The summed E-state index contributed by atoms with van der Waals surface area (Å²) < 4.78 is 208. The van der Waals surface area contributed by atoms with Crippen LogP contribution in [0.3, 0.4) is 0 Å². The van der Waals surface area contributed by atoms with Crippen LogP contribution in [-0.2, 0) is 10.1 Å². The quantitative estimate of drug-likeness (QED) is 0.375. The molecule has 0 heterocycles. The zero-order valence-electron chi connectivity index (χ0n) is 12.7. The molecule has 0 aliphatic carbocycles. The highest BCUT2D eigenvalue weighted by Gasteiger charge is 2.89. The molecule has 0 aromatic rings. The van der Waals surface area contributed by atoms with E-state index in [9.17, 15) is 69.9 Å². The van der Waals surface area contributed by atoms with Crippen molar-refractivity contribution in [2.45, 2.75) is 60.6 Å². The Bertz CT molecular complexity index is 653. The molecule has 0 rings (SSSR count). The lowest BCUT2D eigenvalue weighted by molar-refractivity contribution is -0.397. The van der Waals surface area contributed by atoms with Gasteiger partial charge in [0.05, 0.1) is 0 Å². The largest absolute Gasteiger partial charge is 0.438 e. The fourth-order valence-corrected chi connectivity index (χ4v) is 2.06. The molecule has 1 unspecified atom stereocenters. The van der Waals surface area contributed by atoms with Crippen LogP contribution in [0.2, 0.25) is 0 Å². The molecule has 1 atom stereocenters. The van der Waals surface area contributed by atoms with E-state index in [1.165, 1.54) is 0 Å². The summed E-state index contributed by atoms with van der Waals surface area (Å²) in [6.07, 6.45) is -15.8. The Morgan fingerprint density at radius 3 is 1.43 bits per heavy atom. The van der Waals surface area contributed by atoms with E-state index >= 15 is 0 Å². The van der Waals surface area contributed by atoms with Crippen molar-refractivity contribution in [1.29, 1.82) is 0 Å². The molecule has 0 aliphatic heterocycles. The number of rotatable bonds is 9. The van der Waals surface area contributed by atoms with Gasteiger partial charge in [0.25, 0.3) is 0 Å². The maximum Gasteiger partial charge on any atom is 0.438 e. The Labute approximate surface area is 146 Å². The van der Waals surface area contributed by atoms with E-state index in [-0.39, 0.29) is 0 Å². The van der Waals surface area contributed by atoms with Gasteiger partial charge in [-0.3, -0.25) is 4.55 Å². The SMILES string of the molecule is O=S(=O)(O)C(F)(F)C(F)(F)C(F)(F)C(F)(F)C(F)(F)C(F)CCCC(F)(F)F. The zero-order chi connectivity index (χ0) is 23.2. The summed E-state index contributed by atoms with van der Waals surface area (Å²) in [5, 5.41) is -7.43. The van der Waals surface area contributed by atoms with E-state index in [4.69, 9.17) is 4.55 Å². The van der Waals surface area contributed by atoms with Gasteiger partial charge in [0.1, 0.15) is 0 Å². The lowest BCUT2D eigenvalue weighted by Gasteiger charge is -2.39. The van der Waals surface area contributed by atoms with Crippen LogP contribution in [0.15, 0.2) is 0 Å². The fourth-order valence-electron chi connectivity index (χ4n) is 1.61. The number of halogens is 14. The van der Waals surface area contributed by atoms with Gasteiger partial charge in [-0.1, -0.05) is 0 Å². The van der Waals surface area contributed by atoms with Crippen LogP contribution in [0.25, 0.3) is 0 Å². The summed E-state index contributed by atoms with van der Waals surface area (Å²) in [7, 11) is -7.56. The van der Waals surface area contributed by atoms with Crippen molar-refractivity contribution in [3.05, 3.63) is 0 Å². The van der Waals surface area contributed by atoms with E-state index < -0.39 is 70.7 Å². The summed E-state index contributed by atoms with van der Waals surface area (Å²) in [6, 6.07) is 0.